The number of fused-ring (bicyclic) bond motifs is 3. The number of aromatic amines is 1. The van der Waals surface area contributed by atoms with E-state index in [4.69, 9.17) is 0 Å². The van der Waals surface area contributed by atoms with Crippen LogP contribution in [0.3, 0.4) is 0 Å². The second-order valence-electron chi connectivity index (χ2n) is 5.02. The number of halogens is 1. The van der Waals surface area contributed by atoms with Crippen LogP contribution in [0.15, 0.2) is 29.1 Å². The molecule has 0 radical (unpaired) electrons. The van der Waals surface area contributed by atoms with Crippen molar-refractivity contribution in [3.63, 3.8) is 0 Å². The molecular formula is C15H16FN3O. The van der Waals surface area contributed by atoms with Crippen LogP contribution in [0, 0.1) is 0 Å². The van der Waals surface area contributed by atoms with Crippen molar-refractivity contribution in [1.29, 1.82) is 0 Å². The fourth-order valence-electron chi connectivity index (χ4n) is 2.52. The zero-order valence-electron chi connectivity index (χ0n) is 11.5. The van der Waals surface area contributed by atoms with Gasteiger partial charge in [0.05, 0.1) is 16.6 Å². The molecule has 0 fully saturated rings. The van der Waals surface area contributed by atoms with Crippen LogP contribution >= 0.6 is 0 Å². The van der Waals surface area contributed by atoms with Crippen molar-refractivity contribution >= 4 is 16.8 Å². The number of benzene rings is 1. The molecule has 1 aromatic carbocycles. The van der Waals surface area contributed by atoms with Gasteiger partial charge in [0.25, 0.3) is 5.56 Å². The molecule has 1 atom stereocenters. The molecule has 0 aliphatic rings. The fraction of sp³-hybridized carbons (Fsp3) is 0.333. The lowest BCUT2D eigenvalue weighted by molar-refractivity contribution is 0.472. The molecule has 0 saturated heterocycles. The number of hydrogen-bond donors (Lipinski definition) is 1. The fourth-order valence-corrected chi connectivity index (χ4v) is 2.52. The first kappa shape index (κ1) is 12.8. The molecule has 2 heterocycles. The Kier molecular flexibility index (Phi) is 3.04. The van der Waals surface area contributed by atoms with Crippen molar-refractivity contribution in [2.24, 2.45) is 0 Å². The molecule has 0 amide bonds. The van der Waals surface area contributed by atoms with Crippen molar-refractivity contribution in [2.75, 3.05) is 0 Å². The van der Waals surface area contributed by atoms with Crippen LogP contribution in [-0.2, 0) is 6.67 Å². The van der Waals surface area contributed by atoms with Crippen molar-refractivity contribution in [3.8, 4) is 0 Å². The lowest BCUT2D eigenvalue weighted by atomic mass is 10.0. The number of hydrogen-bond acceptors (Lipinski definition) is 2. The van der Waals surface area contributed by atoms with E-state index in [0.717, 1.165) is 11.9 Å². The molecule has 0 saturated carbocycles. The van der Waals surface area contributed by atoms with Crippen LogP contribution < -0.4 is 5.56 Å². The number of para-hydroxylation sites is 2. The van der Waals surface area contributed by atoms with E-state index >= 15 is 0 Å². The number of nitrogens with one attached hydrogen (secondary N) is 1. The molecule has 20 heavy (non-hydrogen) atoms. The maximum atomic E-state index is 13.3. The summed E-state index contributed by atoms with van der Waals surface area (Å²) < 4.78 is 14.8. The minimum atomic E-state index is -0.766. The standard InChI is InChI=1S/C15H16FN3O/c1-3-9(2)13-10(8-16)14(20)19-12-7-5-4-6-11(12)17-15(19)18-13/h4-7,9H,3,8H2,1-2H3,(H,17,18)/t9-/m0/s1. The first-order chi connectivity index (χ1) is 9.67. The maximum absolute atomic E-state index is 13.3. The average Bonchev–Trinajstić information content (AvgIpc) is 2.84. The summed E-state index contributed by atoms with van der Waals surface area (Å²) in [6, 6.07) is 7.36. The average molecular weight is 273 g/mol. The minimum absolute atomic E-state index is 0.0956. The normalized spacial score (nSPS) is 13.2. The van der Waals surface area contributed by atoms with E-state index < -0.39 is 6.67 Å². The van der Waals surface area contributed by atoms with Gasteiger partial charge in [-0.3, -0.25) is 4.79 Å². The number of nitrogens with zero attached hydrogens (tertiary/aromatic N) is 2. The van der Waals surface area contributed by atoms with Gasteiger partial charge in [-0.25, -0.2) is 13.8 Å². The summed E-state index contributed by atoms with van der Waals surface area (Å²) in [5, 5.41) is 0. The monoisotopic (exact) mass is 273 g/mol. The number of aromatic nitrogens is 3. The van der Waals surface area contributed by atoms with E-state index in [-0.39, 0.29) is 17.0 Å². The Hall–Kier alpha value is -2.17. The molecule has 5 heteroatoms. The topological polar surface area (TPSA) is 50.2 Å². The van der Waals surface area contributed by atoms with E-state index in [0.29, 0.717) is 17.0 Å². The molecule has 0 aliphatic carbocycles. The van der Waals surface area contributed by atoms with E-state index in [2.05, 4.69) is 9.97 Å². The quantitative estimate of drug-likeness (QED) is 0.797. The molecule has 0 bridgehead atoms. The summed E-state index contributed by atoms with van der Waals surface area (Å²) in [5.74, 6) is 0.571. The number of alkyl halides is 1. The Morgan fingerprint density at radius 3 is 2.85 bits per heavy atom. The van der Waals surface area contributed by atoms with Crippen LogP contribution in [0.25, 0.3) is 16.8 Å². The zero-order valence-corrected chi connectivity index (χ0v) is 11.5. The summed E-state index contributed by atoms with van der Waals surface area (Å²) in [4.78, 5) is 20.1. The molecule has 1 N–H and O–H groups in total. The molecule has 3 rings (SSSR count). The third kappa shape index (κ3) is 1.73. The van der Waals surface area contributed by atoms with Crippen LogP contribution in [0.2, 0.25) is 0 Å². The predicted molar refractivity (Wildman–Crippen MR) is 76.8 cm³/mol. The number of imidazole rings is 1. The van der Waals surface area contributed by atoms with Gasteiger partial charge in [0.2, 0.25) is 5.78 Å². The van der Waals surface area contributed by atoms with Gasteiger partial charge in [-0.2, -0.15) is 0 Å². The van der Waals surface area contributed by atoms with E-state index in [1.165, 1.54) is 4.40 Å². The van der Waals surface area contributed by atoms with Crippen LogP contribution in [0.1, 0.15) is 37.4 Å². The second kappa shape index (κ2) is 4.74. The predicted octanol–water partition coefficient (Wildman–Crippen LogP) is 3.16. The second-order valence-corrected chi connectivity index (χ2v) is 5.02. The number of rotatable bonds is 3. The Morgan fingerprint density at radius 2 is 2.15 bits per heavy atom. The molecule has 0 aliphatic heterocycles. The van der Waals surface area contributed by atoms with Gasteiger partial charge in [-0.1, -0.05) is 26.0 Å². The molecule has 3 aromatic rings. The van der Waals surface area contributed by atoms with Crippen molar-refractivity contribution in [2.45, 2.75) is 32.9 Å². The lowest BCUT2D eigenvalue weighted by Gasteiger charge is -2.13. The van der Waals surface area contributed by atoms with Gasteiger partial charge in [0, 0.05) is 5.69 Å². The number of H-pyrrole nitrogens is 1. The van der Waals surface area contributed by atoms with Gasteiger partial charge >= 0.3 is 0 Å². The van der Waals surface area contributed by atoms with Gasteiger partial charge in [-0.05, 0) is 24.5 Å². The van der Waals surface area contributed by atoms with E-state index in [9.17, 15) is 9.18 Å². The SMILES string of the molecule is CC[C@H](C)c1[nH]c2nc3ccccc3n2c(=O)c1CF. The molecule has 104 valence electrons. The molecule has 0 spiro atoms. The summed E-state index contributed by atoms with van der Waals surface area (Å²) in [7, 11) is 0. The molecular weight excluding hydrogens is 257 g/mol. The highest BCUT2D eigenvalue weighted by Gasteiger charge is 2.18. The molecule has 2 aromatic heterocycles. The summed E-state index contributed by atoms with van der Waals surface area (Å²) in [6.07, 6.45) is 0.833. The van der Waals surface area contributed by atoms with Gasteiger partial charge < -0.3 is 4.98 Å². The third-order valence-electron chi connectivity index (χ3n) is 3.83. The highest BCUT2D eigenvalue weighted by atomic mass is 19.1. The Bertz CT molecular complexity index is 834. The Balaban J connectivity index is 2.46. The summed E-state index contributed by atoms with van der Waals surface area (Å²) >= 11 is 0. The summed E-state index contributed by atoms with van der Waals surface area (Å²) in [6.45, 7) is 3.22. The van der Waals surface area contributed by atoms with E-state index in [1.807, 2.05) is 38.1 Å². The van der Waals surface area contributed by atoms with Crippen LogP contribution in [0.5, 0.6) is 0 Å². The summed E-state index contributed by atoms with van der Waals surface area (Å²) in [5.41, 5.74) is 1.98. The van der Waals surface area contributed by atoms with Crippen molar-refractivity contribution in [1.82, 2.24) is 14.4 Å². The van der Waals surface area contributed by atoms with Crippen molar-refractivity contribution in [3.05, 3.63) is 45.9 Å². The Labute approximate surface area is 115 Å². The third-order valence-corrected chi connectivity index (χ3v) is 3.83. The molecule has 4 nitrogen and oxygen atoms in total. The largest absolute Gasteiger partial charge is 0.328 e. The Morgan fingerprint density at radius 1 is 1.40 bits per heavy atom. The molecule has 0 unspecified atom stereocenters. The smallest absolute Gasteiger partial charge is 0.265 e. The first-order valence-corrected chi connectivity index (χ1v) is 6.75. The van der Waals surface area contributed by atoms with Gasteiger partial charge in [0.15, 0.2) is 0 Å². The van der Waals surface area contributed by atoms with Gasteiger partial charge in [-0.15, -0.1) is 0 Å². The zero-order chi connectivity index (χ0) is 14.3. The van der Waals surface area contributed by atoms with Crippen LogP contribution in [-0.4, -0.2) is 14.4 Å². The highest BCUT2D eigenvalue weighted by molar-refractivity contribution is 5.79. The van der Waals surface area contributed by atoms with Crippen molar-refractivity contribution < 1.29 is 4.39 Å². The lowest BCUT2D eigenvalue weighted by Crippen LogP contribution is -2.22. The minimum Gasteiger partial charge on any atom is -0.328 e. The maximum Gasteiger partial charge on any atom is 0.265 e. The van der Waals surface area contributed by atoms with E-state index in [1.54, 1.807) is 0 Å². The first-order valence-electron chi connectivity index (χ1n) is 6.75. The van der Waals surface area contributed by atoms with Crippen LogP contribution in [0.4, 0.5) is 4.39 Å². The van der Waals surface area contributed by atoms with Gasteiger partial charge in [0.1, 0.15) is 6.67 Å². The highest BCUT2D eigenvalue weighted by Crippen LogP contribution is 2.22.